The van der Waals surface area contributed by atoms with E-state index < -0.39 is 0 Å². The van der Waals surface area contributed by atoms with Crippen molar-refractivity contribution in [2.75, 3.05) is 13.3 Å². The number of hydrogen-bond donors (Lipinski definition) is 1. The van der Waals surface area contributed by atoms with Gasteiger partial charge in [0.1, 0.15) is 6.79 Å². The number of fused-ring (bicyclic) bond motifs is 1. The number of rotatable bonds is 6. The first kappa shape index (κ1) is 15.5. The Morgan fingerprint density at radius 1 is 1.30 bits per heavy atom. The second-order valence-electron chi connectivity index (χ2n) is 6.33. The monoisotopic (exact) mass is 281 g/mol. The van der Waals surface area contributed by atoms with E-state index >= 15 is 0 Å². The van der Waals surface area contributed by atoms with Crippen molar-refractivity contribution < 1.29 is 14.3 Å². The maximum Gasteiger partial charge on any atom is 0.243 e. The van der Waals surface area contributed by atoms with Crippen LogP contribution in [0.25, 0.3) is 0 Å². The highest BCUT2D eigenvalue weighted by Crippen LogP contribution is 2.34. The minimum absolute atomic E-state index is 0.0231. The van der Waals surface area contributed by atoms with Crippen LogP contribution < -0.4 is 5.32 Å². The third-order valence-corrected chi connectivity index (χ3v) is 4.10. The maximum absolute atomic E-state index is 11.5. The van der Waals surface area contributed by atoms with Gasteiger partial charge in [0.2, 0.25) is 5.91 Å². The van der Waals surface area contributed by atoms with Gasteiger partial charge in [-0.05, 0) is 50.0 Å². The average molecular weight is 281 g/mol. The summed E-state index contributed by atoms with van der Waals surface area (Å²) >= 11 is 0. The number of ether oxygens (including phenoxy) is 2. The summed E-state index contributed by atoms with van der Waals surface area (Å²) in [5, 5.41) is 2.89. The molecular weight excluding hydrogens is 254 g/mol. The zero-order valence-electron chi connectivity index (χ0n) is 12.6. The van der Waals surface area contributed by atoms with Gasteiger partial charge in [0.15, 0.2) is 0 Å². The highest BCUT2D eigenvalue weighted by Gasteiger charge is 2.35. The molecule has 0 spiro atoms. The first-order valence-electron chi connectivity index (χ1n) is 7.82. The Hall–Kier alpha value is -0.870. The SMILES string of the molecule is CC(C)CNC(=O)/C=C/CCC1CCC2OCOC2C1. The lowest BCUT2D eigenvalue weighted by Gasteiger charge is -2.29. The van der Waals surface area contributed by atoms with Gasteiger partial charge in [-0.15, -0.1) is 0 Å². The van der Waals surface area contributed by atoms with Crippen molar-refractivity contribution in [1.82, 2.24) is 5.32 Å². The standard InChI is InChI=1S/C16H27NO3/c1-12(2)10-17-16(18)6-4-3-5-13-7-8-14-15(9-13)20-11-19-14/h4,6,12-15H,3,5,7-11H2,1-2H3,(H,17,18)/b6-4+. The van der Waals surface area contributed by atoms with Crippen LogP contribution in [0.5, 0.6) is 0 Å². The fraction of sp³-hybridized carbons (Fsp3) is 0.812. The van der Waals surface area contributed by atoms with Gasteiger partial charge in [-0.2, -0.15) is 0 Å². The highest BCUT2D eigenvalue weighted by molar-refractivity contribution is 5.87. The van der Waals surface area contributed by atoms with E-state index in [1.165, 1.54) is 6.42 Å². The van der Waals surface area contributed by atoms with Gasteiger partial charge in [-0.3, -0.25) is 4.79 Å². The van der Waals surface area contributed by atoms with Crippen LogP contribution in [0.3, 0.4) is 0 Å². The predicted molar refractivity (Wildman–Crippen MR) is 78.2 cm³/mol. The molecule has 20 heavy (non-hydrogen) atoms. The van der Waals surface area contributed by atoms with Crippen molar-refractivity contribution in [3.8, 4) is 0 Å². The molecule has 1 heterocycles. The van der Waals surface area contributed by atoms with Crippen LogP contribution in [-0.4, -0.2) is 31.5 Å². The summed E-state index contributed by atoms with van der Waals surface area (Å²) < 4.78 is 11.1. The maximum atomic E-state index is 11.5. The Morgan fingerprint density at radius 2 is 2.10 bits per heavy atom. The second kappa shape index (κ2) is 7.79. The average Bonchev–Trinajstić information content (AvgIpc) is 2.88. The van der Waals surface area contributed by atoms with E-state index in [1.54, 1.807) is 6.08 Å². The molecule has 3 atom stereocenters. The fourth-order valence-electron chi connectivity index (χ4n) is 2.91. The lowest BCUT2D eigenvalue weighted by atomic mass is 9.83. The topological polar surface area (TPSA) is 47.6 Å². The van der Waals surface area contributed by atoms with Gasteiger partial charge in [0.05, 0.1) is 12.2 Å². The molecule has 1 aliphatic heterocycles. The Balaban J connectivity index is 1.59. The third kappa shape index (κ3) is 4.91. The van der Waals surface area contributed by atoms with E-state index in [2.05, 4.69) is 19.2 Å². The largest absolute Gasteiger partial charge is 0.352 e. The molecule has 2 fully saturated rings. The molecular formula is C16H27NO3. The Kier molecular flexibility index (Phi) is 6.05. The van der Waals surface area contributed by atoms with Gasteiger partial charge in [0, 0.05) is 6.54 Å². The van der Waals surface area contributed by atoms with Crippen molar-refractivity contribution in [3.05, 3.63) is 12.2 Å². The van der Waals surface area contributed by atoms with Crippen LogP contribution in [0.1, 0.15) is 46.0 Å². The second-order valence-corrected chi connectivity index (χ2v) is 6.33. The molecule has 1 aliphatic carbocycles. The molecule has 4 heteroatoms. The summed E-state index contributed by atoms with van der Waals surface area (Å²) in [6.07, 6.45) is 9.87. The number of amides is 1. The van der Waals surface area contributed by atoms with Gasteiger partial charge in [-0.1, -0.05) is 19.9 Å². The summed E-state index contributed by atoms with van der Waals surface area (Å²) in [6, 6.07) is 0. The van der Waals surface area contributed by atoms with Crippen LogP contribution >= 0.6 is 0 Å². The molecule has 0 radical (unpaired) electrons. The number of hydrogen-bond acceptors (Lipinski definition) is 3. The van der Waals surface area contributed by atoms with Crippen LogP contribution in [0.2, 0.25) is 0 Å². The van der Waals surface area contributed by atoms with Crippen molar-refractivity contribution >= 4 is 5.91 Å². The molecule has 0 aromatic rings. The predicted octanol–water partition coefficient (Wildman–Crippen LogP) is 2.64. The first-order valence-corrected chi connectivity index (χ1v) is 7.82. The summed E-state index contributed by atoms with van der Waals surface area (Å²) in [5.41, 5.74) is 0. The van der Waals surface area contributed by atoms with Gasteiger partial charge < -0.3 is 14.8 Å². The molecule has 3 unspecified atom stereocenters. The zero-order chi connectivity index (χ0) is 14.4. The van der Waals surface area contributed by atoms with Gasteiger partial charge in [0.25, 0.3) is 0 Å². The zero-order valence-corrected chi connectivity index (χ0v) is 12.6. The highest BCUT2D eigenvalue weighted by atomic mass is 16.7. The molecule has 0 aromatic carbocycles. The van der Waals surface area contributed by atoms with Crippen LogP contribution in [0.4, 0.5) is 0 Å². The number of carbonyl (C=O) groups excluding carboxylic acids is 1. The van der Waals surface area contributed by atoms with Crippen molar-refractivity contribution in [1.29, 1.82) is 0 Å². The number of carbonyl (C=O) groups is 1. The lowest BCUT2D eigenvalue weighted by molar-refractivity contribution is -0.116. The van der Waals surface area contributed by atoms with Crippen molar-refractivity contribution in [2.45, 2.75) is 58.2 Å². The molecule has 1 N–H and O–H groups in total. The summed E-state index contributed by atoms with van der Waals surface area (Å²) in [6.45, 7) is 5.40. The summed E-state index contributed by atoms with van der Waals surface area (Å²) in [5.74, 6) is 1.23. The van der Waals surface area contributed by atoms with Crippen LogP contribution in [0, 0.1) is 11.8 Å². The molecule has 2 aliphatic rings. The Morgan fingerprint density at radius 3 is 2.90 bits per heavy atom. The van der Waals surface area contributed by atoms with E-state index in [4.69, 9.17) is 9.47 Å². The van der Waals surface area contributed by atoms with E-state index in [-0.39, 0.29) is 5.91 Å². The quantitative estimate of drug-likeness (QED) is 0.761. The summed E-state index contributed by atoms with van der Waals surface area (Å²) in [7, 11) is 0. The minimum atomic E-state index is 0.0231. The van der Waals surface area contributed by atoms with Crippen molar-refractivity contribution in [2.24, 2.45) is 11.8 Å². The molecule has 1 amide bonds. The molecule has 2 rings (SSSR count). The third-order valence-electron chi connectivity index (χ3n) is 4.10. The van der Waals surface area contributed by atoms with Gasteiger partial charge in [-0.25, -0.2) is 0 Å². The smallest absolute Gasteiger partial charge is 0.243 e. The lowest BCUT2D eigenvalue weighted by Crippen LogP contribution is -2.31. The fourth-order valence-corrected chi connectivity index (χ4v) is 2.91. The molecule has 0 bridgehead atoms. The van der Waals surface area contributed by atoms with Crippen LogP contribution in [0.15, 0.2) is 12.2 Å². The number of allylic oxidation sites excluding steroid dienone is 1. The molecule has 4 nitrogen and oxygen atoms in total. The van der Waals surface area contributed by atoms with E-state index in [0.717, 1.165) is 32.2 Å². The minimum Gasteiger partial charge on any atom is -0.352 e. The molecule has 0 aromatic heterocycles. The van der Waals surface area contributed by atoms with E-state index in [1.807, 2.05) is 6.08 Å². The Labute approximate surface area is 121 Å². The molecule has 1 saturated heterocycles. The van der Waals surface area contributed by atoms with Crippen molar-refractivity contribution in [3.63, 3.8) is 0 Å². The first-order chi connectivity index (χ1) is 9.65. The van der Waals surface area contributed by atoms with E-state index in [9.17, 15) is 4.79 Å². The molecule has 1 saturated carbocycles. The van der Waals surface area contributed by atoms with Gasteiger partial charge >= 0.3 is 0 Å². The van der Waals surface area contributed by atoms with Crippen LogP contribution in [-0.2, 0) is 14.3 Å². The molecule has 114 valence electrons. The number of nitrogens with one attached hydrogen (secondary N) is 1. The van der Waals surface area contributed by atoms with E-state index in [0.29, 0.717) is 30.8 Å². The summed E-state index contributed by atoms with van der Waals surface area (Å²) in [4.78, 5) is 11.5. The normalized spacial score (nSPS) is 29.9. The Bertz CT molecular complexity index is 341.